The Morgan fingerprint density at radius 1 is 1.29 bits per heavy atom. The van der Waals surface area contributed by atoms with Crippen LogP contribution in [0.1, 0.15) is 64.0 Å². The summed E-state index contributed by atoms with van der Waals surface area (Å²) in [6, 6.07) is 6.76. The molecule has 1 aromatic carbocycles. The minimum Gasteiger partial charge on any atom is -0.493 e. The number of ether oxygens (including phenoxy) is 2. The molecule has 0 bridgehead atoms. The van der Waals surface area contributed by atoms with Gasteiger partial charge in [-0.2, -0.15) is 0 Å². The maximum Gasteiger partial charge on any atom is 0.128 e. The zero-order valence-corrected chi connectivity index (χ0v) is 13.3. The van der Waals surface area contributed by atoms with Crippen LogP contribution in [0.4, 0.5) is 0 Å². The summed E-state index contributed by atoms with van der Waals surface area (Å²) in [5.41, 5.74) is 1.35. The summed E-state index contributed by atoms with van der Waals surface area (Å²) in [6.45, 7) is 6.06. The normalized spacial score (nSPS) is 22.9. The van der Waals surface area contributed by atoms with Gasteiger partial charge in [0.2, 0.25) is 0 Å². The maximum atomic E-state index is 6.46. The molecular formula is C18H27NO2. The minimum absolute atomic E-state index is 0.0587. The molecule has 1 aromatic rings. The fraction of sp³-hybridized carbons (Fsp3) is 0.667. The highest BCUT2D eigenvalue weighted by Crippen LogP contribution is 2.47. The molecule has 3 nitrogen and oxygen atoms in total. The molecule has 1 unspecified atom stereocenters. The van der Waals surface area contributed by atoms with Gasteiger partial charge >= 0.3 is 0 Å². The van der Waals surface area contributed by atoms with Crippen molar-refractivity contribution in [2.24, 2.45) is 0 Å². The molecule has 1 saturated carbocycles. The Labute approximate surface area is 128 Å². The van der Waals surface area contributed by atoms with Crippen molar-refractivity contribution < 1.29 is 9.47 Å². The summed E-state index contributed by atoms with van der Waals surface area (Å²) in [5.74, 6) is 1.96. The number of benzene rings is 1. The fourth-order valence-electron chi connectivity index (χ4n) is 3.71. The molecule has 3 rings (SSSR count). The van der Waals surface area contributed by atoms with Crippen molar-refractivity contribution in [3.8, 4) is 11.5 Å². The van der Waals surface area contributed by atoms with Gasteiger partial charge in [-0.25, -0.2) is 0 Å². The van der Waals surface area contributed by atoms with Crippen molar-refractivity contribution in [1.82, 2.24) is 5.32 Å². The maximum absolute atomic E-state index is 6.46. The van der Waals surface area contributed by atoms with Crippen LogP contribution in [0.3, 0.4) is 0 Å². The predicted molar refractivity (Wildman–Crippen MR) is 85.1 cm³/mol. The van der Waals surface area contributed by atoms with E-state index in [-0.39, 0.29) is 5.60 Å². The first-order chi connectivity index (χ1) is 10.3. The van der Waals surface area contributed by atoms with Crippen LogP contribution in [0.25, 0.3) is 0 Å². The van der Waals surface area contributed by atoms with Gasteiger partial charge in [0.25, 0.3) is 0 Å². The predicted octanol–water partition coefficient (Wildman–Crippen LogP) is 4.22. The van der Waals surface area contributed by atoms with Crippen LogP contribution < -0.4 is 14.8 Å². The summed E-state index contributed by atoms with van der Waals surface area (Å²) < 4.78 is 12.2. The molecule has 1 aliphatic carbocycles. The summed E-state index contributed by atoms with van der Waals surface area (Å²) in [4.78, 5) is 0. The quantitative estimate of drug-likeness (QED) is 0.880. The Morgan fingerprint density at radius 3 is 2.81 bits per heavy atom. The van der Waals surface area contributed by atoms with E-state index in [1.807, 2.05) is 0 Å². The molecule has 0 aromatic heterocycles. The lowest BCUT2D eigenvalue weighted by Gasteiger charge is -2.40. The molecule has 21 heavy (non-hydrogen) atoms. The third-order valence-corrected chi connectivity index (χ3v) is 4.70. The summed E-state index contributed by atoms with van der Waals surface area (Å²) in [5, 5.41) is 3.63. The smallest absolute Gasteiger partial charge is 0.128 e. The standard InChI is InChI=1S/C18H27NO2/c1-3-11-20-14-7-8-15-16(19-4-2)13-18(9-5-6-10-18)21-17(15)12-14/h7-8,12,16,19H,3-6,9-11,13H2,1-2H3. The van der Waals surface area contributed by atoms with Gasteiger partial charge in [-0.1, -0.05) is 19.9 Å². The van der Waals surface area contributed by atoms with E-state index < -0.39 is 0 Å². The molecule has 1 atom stereocenters. The first-order valence-corrected chi connectivity index (χ1v) is 8.45. The number of nitrogens with one attached hydrogen (secondary N) is 1. The lowest BCUT2D eigenvalue weighted by molar-refractivity contribution is 0.0367. The topological polar surface area (TPSA) is 30.5 Å². The minimum atomic E-state index is 0.0587. The van der Waals surface area contributed by atoms with Gasteiger partial charge in [0.05, 0.1) is 6.61 Å². The van der Waals surface area contributed by atoms with Crippen molar-refractivity contribution in [2.45, 2.75) is 64.0 Å². The van der Waals surface area contributed by atoms with Crippen LogP contribution >= 0.6 is 0 Å². The summed E-state index contributed by atoms with van der Waals surface area (Å²) in [6.07, 6.45) is 7.09. The molecule has 1 spiro atoms. The van der Waals surface area contributed by atoms with Crippen molar-refractivity contribution in [3.05, 3.63) is 23.8 Å². The van der Waals surface area contributed by atoms with Gasteiger partial charge in [0, 0.05) is 24.1 Å². The van der Waals surface area contributed by atoms with E-state index >= 15 is 0 Å². The second kappa shape index (κ2) is 6.27. The average Bonchev–Trinajstić information content (AvgIpc) is 2.92. The average molecular weight is 289 g/mol. The van der Waals surface area contributed by atoms with Crippen LogP contribution in [-0.4, -0.2) is 18.8 Å². The van der Waals surface area contributed by atoms with E-state index in [0.717, 1.165) is 37.5 Å². The first kappa shape index (κ1) is 14.7. The molecule has 1 N–H and O–H groups in total. The molecule has 1 fully saturated rings. The van der Waals surface area contributed by atoms with Gasteiger partial charge in [-0.05, 0) is 44.7 Å². The van der Waals surface area contributed by atoms with Crippen molar-refractivity contribution in [1.29, 1.82) is 0 Å². The zero-order valence-electron chi connectivity index (χ0n) is 13.3. The number of hydrogen-bond acceptors (Lipinski definition) is 3. The molecule has 2 aliphatic rings. The lowest BCUT2D eigenvalue weighted by atomic mass is 9.86. The van der Waals surface area contributed by atoms with E-state index in [2.05, 4.69) is 37.4 Å². The Hall–Kier alpha value is -1.22. The van der Waals surface area contributed by atoms with E-state index in [0.29, 0.717) is 6.04 Å². The van der Waals surface area contributed by atoms with E-state index in [1.165, 1.54) is 31.2 Å². The lowest BCUT2D eigenvalue weighted by Crippen LogP contribution is -2.42. The number of fused-ring (bicyclic) bond motifs is 1. The van der Waals surface area contributed by atoms with E-state index in [4.69, 9.17) is 9.47 Å². The highest BCUT2D eigenvalue weighted by atomic mass is 16.5. The Kier molecular flexibility index (Phi) is 4.39. The van der Waals surface area contributed by atoms with E-state index in [9.17, 15) is 0 Å². The Balaban J connectivity index is 1.88. The van der Waals surface area contributed by atoms with Crippen LogP contribution in [0.5, 0.6) is 11.5 Å². The van der Waals surface area contributed by atoms with Crippen LogP contribution in [0, 0.1) is 0 Å². The molecule has 1 aliphatic heterocycles. The van der Waals surface area contributed by atoms with Crippen molar-refractivity contribution in [2.75, 3.05) is 13.2 Å². The molecule has 3 heteroatoms. The first-order valence-electron chi connectivity index (χ1n) is 8.45. The van der Waals surface area contributed by atoms with Crippen molar-refractivity contribution >= 4 is 0 Å². The molecule has 0 amide bonds. The van der Waals surface area contributed by atoms with Crippen LogP contribution in [0.2, 0.25) is 0 Å². The SMILES string of the molecule is CCCOc1ccc2c(c1)OC1(CCCC1)CC2NCC. The van der Waals surface area contributed by atoms with Gasteiger partial charge < -0.3 is 14.8 Å². The molecular weight excluding hydrogens is 262 g/mol. The third-order valence-electron chi connectivity index (χ3n) is 4.70. The molecule has 1 heterocycles. The number of rotatable bonds is 5. The Bertz CT molecular complexity index is 480. The molecule has 0 saturated heterocycles. The number of hydrogen-bond donors (Lipinski definition) is 1. The monoisotopic (exact) mass is 289 g/mol. The second-order valence-corrected chi connectivity index (χ2v) is 6.35. The van der Waals surface area contributed by atoms with Gasteiger partial charge in [-0.15, -0.1) is 0 Å². The van der Waals surface area contributed by atoms with Gasteiger partial charge in [-0.3, -0.25) is 0 Å². The fourth-order valence-corrected chi connectivity index (χ4v) is 3.71. The van der Waals surface area contributed by atoms with E-state index in [1.54, 1.807) is 0 Å². The highest BCUT2D eigenvalue weighted by molar-refractivity contribution is 5.44. The summed E-state index contributed by atoms with van der Waals surface area (Å²) in [7, 11) is 0. The van der Waals surface area contributed by atoms with Crippen molar-refractivity contribution in [3.63, 3.8) is 0 Å². The molecule has 116 valence electrons. The Morgan fingerprint density at radius 2 is 2.10 bits per heavy atom. The zero-order chi connectivity index (χ0) is 14.7. The highest BCUT2D eigenvalue weighted by Gasteiger charge is 2.42. The second-order valence-electron chi connectivity index (χ2n) is 6.35. The van der Waals surface area contributed by atoms with Gasteiger partial charge in [0.1, 0.15) is 17.1 Å². The third kappa shape index (κ3) is 3.03. The van der Waals surface area contributed by atoms with Gasteiger partial charge in [0.15, 0.2) is 0 Å². The van der Waals surface area contributed by atoms with Crippen LogP contribution in [-0.2, 0) is 0 Å². The van der Waals surface area contributed by atoms with Crippen LogP contribution in [0.15, 0.2) is 18.2 Å². The largest absolute Gasteiger partial charge is 0.493 e. The summed E-state index contributed by atoms with van der Waals surface area (Å²) >= 11 is 0. The molecule has 0 radical (unpaired) electrons.